The lowest BCUT2D eigenvalue weighted by Gasteiger charge is -2.32. The maximum atomic E-state index is 13.8. The van der Waals surface area contributed by atoms with Gasteiger partial charge in [0.05, 0.1) is 39.6 Å². The molecular formula is C32H44N2O6. The lowest BCUT2D eigenvalue weighted by atomic mass is 9.86. The van der Waals surface area contributed by atoms with E-state index < -0.39 is 0 Å². The van der Waals surface area contributed by atoms with E-state index in [1.807, 2.05) is 62.4 Å². The molecule has 0 amide bonds. The van der Waals surface area contributed by atoms with Crippen molar-refractivity contribution in [3.05, 3.63) is 59.7 Å². The van der Waals surface area contributed by atoms with Crippen molar-refractivity contribution < 1.29 is 28.5 Å². The fourth-order valence-corrected chi connectivity index (χ4v) is 5.44. The minimum atomic E-state index is -0.212. The molecular weight excluding hydrogens is 508 g/mol. The van der Waals surface area contributed by atoms with E-state index in [4.69, 9.17) is 18.9 Å². The maximum Gasteiger partial charge on any atom is 0.167 e. The monoisotopic (exact) mass is 552 g/mol. The van der Waals surface area contributed by atoms with E-state index in [-0.39, 0.29) is 23.4 Å². The highest BCUT2D eigenvalue weighted by Crippen LogP contribution is 2.25. The van der Waals surface area contributed by atoms with Crippen LogP contribution in [0.2, 0.25) is 0 Å². The number of ether oxygens (including phenoxy) is 4. The molecule has 2 heterocycles. The van der Waals surface area contributed by atoms with Crippen LogP contribution in [0.4, 0.5) is 0 Å². The third kappa shape index (κ3) is 8.86. The molecule has 0 aliphatic carbocycles. The molecule has 0 bridgehead atoms. The van der Waals surface area contributed by atoms with Gasteiger partial charge in [-0.15, -0.1) is 0 Å². The minimum Gasteiger partial charge on any atom is -0.494 e. The topological polar surface area (TPSA) is 77.5 Å². The van der Waals surface area contributed by atoms with Crippen molar-refractivity contribution in [2.24, 2.45) is 11.8 Å². The molecule has 0 saturated carbocycles. The Morgan fingerprint density at radius 3 is 1.32 bits per heavy atom. The number of hydrogen-bond donors (Lipinski definition) is 0. The summed E-state index contributed by atoms with van der Waals surface area (Å²) in [6, 6.07) is 14.9. The van der Waals surface area contributed by atoms with Crippen LogP contribution in [0, 0.1) is 11.8 Å². The van der Waals surface area contributed by atoms with Crippen LogP contribution in [0.3, 0.4) is 0 Å². The van der Waals surface area contributed by atoms with Gasteiger partial charge in [-0.3, -0.25) is 19.4 Å². The first-order valence-corrected chi connectivity index (χ1v) is 14.7. The second-order valence-corrected chi connectivity index (χ2v) is 10.4. The van der Waals surface area contributed by atoms with Crippen molar-refractivity contribution in [1.29, 1.82) is 0 Å². The fraction of sp³-hybridized carbons (Fsp3) is 0.562. The van der Waals surface area contributed by atoms with Crippen LogP contribution in [0.1, 0.15) is 47.4 Å². The number of morpholine rings is 2. The molecule has 2 aliphatic heterocycles. The fourth-order valence-electron chi connectivity index (χ4n) is 5.44. The van der Waals surface area contributed by atoms with Crippen LogP contribution in [0.15, 0.2) is 48.5 Å². The van der Waals surface area contributed by atoms with Crippen LogP contribution in [-0.2, 0) is 9.47 Å². The molecule has 0 spiro atoms. The van der Waals surface area contributed by atoms with E-state index in [1.54, 1.807) is 0 Å². The molecule has 2 atom stereocenters. The molecule has 218 valence electrons. The highest BCUT2D eigenvalue weighted by atomic mass is 16.5. The van der Waals surface area contributed by atoms with Crippen LogP contribution < -0.4 is 9.47 Å². The zero-order valence-corrected chi connectivity index (χ0v) is 24.0. The summed E-state index contributed by atoms with van der Waals surface area (Å²) in [4.78, 5) is 32.2. The Hall–Kier alpha value is -2.78. The smallest absolute Gasteiger partial charge is 0.167 e. The van der Waals surface area contributed by atoms with Crippen molar-refractivity contribution >= 4 is 11.6 Å². The van der Waals surface area contributed by atoms with Gasteiger partial charge in [-0.2, -0.15) is 0 Å². The Bertz CT molecular complexity index is 961. The van der Waals surface area contributed by atoms with Crippen molar-refractivity contribution in [3.63, 3.8) is 0 Å². The summed E-state index contributed by atoms with van der Waals surface area (Å²) in [5, 5.41) is 0. The Morgan fingerprint density at radius 2 is 1.00 bits per heavy atom. The van der Waals surface area contributed by atoms with E-state index in [0.717, 1.165) is 37.7 Å². The van der Waals surface area contributed by atoms with Crippen LogP contribution >= 0.6 is 0 Å². The zero-order chi connectivity index (χ0) is 28.2. The Morgan fingerprint density at radius 1 is 0.650 bits per heavy atom. The Labute approximate surface area is 238 Å². The predicted molar refractivity (Wildman–Crippen MR) is 155 cm³/mol. The predicted octanol–water partition coefficient (Wildman–Crippen LogP) is 4.23. The van der Waals surface area contributed by atoms with Gasteiger partial charge in [-0.1, -0.05) is 0 Å². The largest absolute Gasteiger partial charge is 0.494 e. The maximum absolute atomic E-state index is 13.8. The molecule has 40 heavy (non-hydrogen) atoms. The van der Waals surface area contributed by atoms with Crippen LogP contribution in [0.25, 0.3) is 0 Å². The van der Waals surface area contributed by atoms with E-state index in [1.165, 1.54) is 0 Å². The molecule has 2 aromatic carbocycles. The first kappa shape index (κ1) is 30.2. The Kier molecular flexibility index (Phi) is 12.0. The third-order valence-electron chi connectivity index (χ3n) is 7.67. The van der Waals surface area contributed by atoms with Crippen LogP contribution in [-0.4, -0.2) is 100 Å². The highest BCUT2D eigenvalue weighted by Gasteiger charge is 2.29. The van der Waals surface area contributed by atoms with Crippen molar-refractivity contribution in [2.45, 2.75) is 26.7 Å². The SMILES string of the molecule is CCOc1ccc(C(=O)[C@@H](CC[C@@H](CN2CCOCC2)C(=O)c2ccc(OCC)cc2)CN2CCOCC2)cc1. The zero-order valence-electron chi connectivity index (χ0n) is 24.0. The number of nitrogens with zero attached hydrogens (tertiary/aromatic N) is 2. The number of carbonyl (C=O) groups is 2. The van der Waals surface area contributed by atoms with Gasteiger partial charge in [0.15, 0.2) is 11.6 Å². The van der Waals surface area contributed by atoms with Gasteiger partial charge in [0.2, 0.25) is 0 Å². The highest BCUT2D eigenvalue weighted by molar-refractivity contribution is 5.99. The molecule has 0 unspecified atom stereocenters. The second kappa shape index (κ2) is 15.9. The third-order valence-corrected chi connectivity index (χ3v) is 7.67. The number of Topliss-reactive ketones (excluding diaryl/α,β-unsaturated/α-hetero) is 2. The molecule has 8 heteroatoms. The average molecular weight is 553 g/mol. The number of hydrogen-bond acceptors (Lipinski definition) is 8. The lowest BCUT2D eigenvalue weighted by molar-refractivity contribution is 0.0254. The normalized spacial score (nSPS) is 18.1. The summed E-state index contributed by atoms with van der Waals surface area (Å²) >= 11 is 0. The average Bonchev–Trinajstić information content (AvgIpc) is 3.00. The number of ketones is 2. The first-order valence-electron chi connectivity index (χ1n) is 14.7. The molecule has 0 radical (unpaired) electrons. The summed E-state index contributed by atoms with van der Waals surface area (Å²) in [6.07, 6.45) is 1.28. The number of rotatable bonds is 15. The minimum absolute atomic E-state index is 0.119. The molecule has 8 nitrogen and oxygen atoms in total. The molecule has 0 aromatic heterocycles. The summed E-state index contributed by atoms with van der Waals surface area (Å²) in [6.45, 7) is 12.4. The number of carbonyl (C=O) groups excluding carboxylic acids is 2. The van der Waals surface area contributed by atoms with E-state index in [0.29, 0.717) is 76.7 Å². The Balaban J connectivity index is 1.50. The van der Waals surface area contributed by atoms with Crippen molar-refractivity contribution in [3.8, 4) is 11.5 Å². The van der Waals surface area contributed by atoms with E-state index in [9.17, 15) is 9.59 Å². The van der Waals surface area contributed by atoms with Gasteiger partial charge in [-0.05, 0) is 75.2 Å². The molecule has 2 fully saturated rings. The lowest BCUT2D eigenvalue weighted by Crippen LogP contribution is -2.42. The van der Waals surface area contributed by atoms with Gasteiger partial charge < -0.3 is 18.9 Å². The summed E-state index contributed by atoms with van der Waals surface area (Å²) < 4.78 is 22.2. The molecule has 4 rings (SSSR count). The summed E-state index contributed by atoms with van der Waals surface area (Å²) in [5.41, 5.74) is 1.37. The van der Waals surface area contributed by atoms with Crippen molar-refractivity contribution in [1.82, 2.24) is 9.80 Å². The first-order chi connectivity index (χ1) is 19.6. The van der Waals surface area contributed by atoms with Crippen LogP contribution in [0.5, 0.6) is 11.5 Å². The van der Waals surface area contributed by atoms with E-state index >= 15 is 0 Å². The quantitative estimate of drug-likeness (QED) is 0.304. The molecule has 0 N–H and O–H groups in total. The van der Waals surface area contributed by atoms with E-state index in [2.05, 4.69) is 9.80 Å². The van der Waals surface area contributed by atoms with Gasteiger partial charge in [0, 0.05) is 62.2 Å². The molecule has 2 aliphatic rings. The second-order valence-electron chi connectivity index (χ2n) is 10.4. The summed E-state index contributed by atoms with van der Waals surface area (Å²) in [7, 11) is 0. The van der Waals surface area contributed by atoms with Gasteiger partial charge in [-0.25, -0.2) is 0 Å². The molecule has 2 saturated heterocycles. The van der Waals surface area contributed by atoms with Gasteiger partial charge in [0.1, 0.15) is 11.5 Å². The number of benzene rings is 2. The van der Waals surface area contributed by atoms with Gasteiger partial charge >= 0.3 is 0 Å². The summed E-state index contributed by atoms with van der Waals surface area (Å²) in [5.74, 6) is 1.33. The standard InChI is InChI=1S/C32H44N2O6/c1-3-39-29-11-7-25(8-12-29)31(35)27(23-33-15-19-37-20-16-33)5-6-28(24-34-17-21-38-22-18-34)32(36)26-9-13-30(14-10-26)40-4-2/h7-14,27-28H,3-6,15-24H2,1-2H3/t27-,28-/m0/s1. The van der Waals surface area contributed by atoms with Gasteiger partial charge in [0.25, 0.3) is 0 Å². The molecule has 2 aromatic rings. The van der Waals surface area contributed by atoms with Crippen molar-refractivity contribution in [2.75, 3.05) is 78.9 Å².